The molecule has 1 aliphatic rings. The highest BCUT2D eigenvalue weighted by Crippen LogP contribution is 2.25. The van der Waals surface area contributed by atoms with E-state index in [0.717, 1.165) is 44.0 Å². The molecule has 2 N–H and O–H groups in total. The smallest absolute Gasteiger partial charge is 0.337 e. The molecule has 0 saturated carbocycles. The van der Waals surface area contributed by atoms with Crippen molar-refractivity contribution >= 4 is 23.3 Å². The predicted molar refractivity (Wildman–Crippen MR) is 111 cm³/mol. The standard InChI is InChI=1S/C22H24N4O3/c1-16-4-2-5-17(14-16)21(27)24-20-7-6-18(15-19(20)22(28)29)26-12-10-25(11-13-26)9-3-8-23/h2,4-7,14-15H,3,9-13H2,1H3,(H,24,27)(H,28,29). The summed E-state index contributed by atoms with van der Waals surface area (Å²) < 4.78 is 0. The molecule has 0 aliphatic carbocycles. The summed E-state index contributed by atoms with van der Waals surface area (Å²) in [4.78, 5) is 28.7. The molecule has 29 heavy (non-hydrogen) atoms. The van der Waals surface area contributed by atoms with Crippen LogP contribution < -0.4 is 10.2 Å². The first-order valence-electron chi connectivity index (χ1n) is 9.57. The van der Waals surface area contributed by atoms with Crippen LogP contribution in [0.3, 0.4) is 0 Å². The van der Waals surface area contributed by atoms with Crippen molar-refractivity contribution < 1.29 is 14.7 Å². The van der Waals surface area contributed by atoms with Crippen molar-refractivity contribution in [1.82, 2.24) is 4.90 Å². The fourth-order valence-corrected chi connectivity index (χ4v) is 3.43. The normalized spacial score (nSPS) is 14.3. The lowest BCUT2D eigenvalue weighted by molar-refractivity contribution is 0.0698. The molecule has 1 aliphatic heterocycles. The summed E-state index contributed by atoms with van der Waals surface area (Å²) in [6, 6.07) is 14.4. The number of benzene rings is 2. The maximum atomic E-state index is 12.5. The Morgan fingerprint density at radius 2 is 1.90 bits per heavy atom. The molecule has 0 unspecified atom stereocenters. The number of carbonyl (C=O) groups is 2. The van der Waals surface area contributed by atoms with Crippen LogP contribution in [-0.2, 0) is 0 Å². The first-order chi connectivity index (χ1) is 14.0. The van der Waals surface area contributed by atoms with Gasteiger partial charge in [-0.05, 0) is 37.3 Å². The molecule has 1 amide bonds. The fourth-order valence-electron chi connectivity index (χ4n) is 3.43. The van der Waals surface area contributed by atoms with E-state index < -0.39 is 5.97 Å². The Hall–Kier alpha value is -3.37. The van der Waals surface area contributed by atoms with Crippen LogP contribution in [0.25, 0.3) is 0 Å². The molecule has 1 saturated heterocycles. The fraction of sp³-hybridized carbons (Fsp3) is 0.318. The second-order valence-corrected chi connectivity index (χ2v) is 7.10. The molecule has 7 heteroatoms. The first kappa shape index (κ1) is 20.4. The average molecular weight is 392 g/mol. The van der Waals surface area contributed by atoms with Gasteiger partial charge in [-0.2, -0.15) is 5.26 Å². The van der Waals surface area contributed by atoms with E-state index in [9.17, 15) is 14.7 Å². The van der Waals surface area contributed by atoms with E-state index in [2.05, 4.69) is 21.2 Å². The van der Waals surface area contributed by atoms with Gasteiger partial charge in [0.2, 0.25) is 0 Å². The topological polar surface area (TPSA) is 96.7 Å². The number of aryl methyl sites for hydroxylation is 1. The highest BCUT2D eigenvalue weighted by atomic mass is 16.4. The Kier molecular flexibility index (Phi) is 6.47. The number of rotatable bonds is 6. The Labute approximate surface area is 170 Å². The van der Waals surface area contributed by atoms with E-state index in [1.807, 2.05) is 19.1 Å². The quantitative estimate of drug-likeness (QED) is 0.785. The Balaban J connectivity index is 1.73. The number of aromatic carboxylic acids is 1. The van der Waals surface area contributed by atoms with E-state index in [-0.39, 0.29) is 17.2 Å². The van der Waals surface area contributed by atoms with Gasteiger partial charge < -0.3 is 15.3 Å². The third-order valence-corrected chi connectivity index (χ3v) is 5.04. The number of nitrogens with one attached hydrogen (secondary N) is 1. The van der Waals surface area contributed by atoms with Crippen LogP contribution in [-0.4, -0.2) is 54.6 Å². The minimum absolute atomic E-state index is 0.0652. The SMILES string of the molecule is Cc1cccc(C(=O)Nc2ccc(N3CCN(CCC#N)CC3)cc2C(=O)O)c1. The van der Waals surface area contributed by atoms with Crippen LogP contribution in [0.15, 0.2) is 42.5 Å². The average Bonchev–Trinajstić information content (AvgIpc) is 2.72. The number of carboxylic acids is 1. The molecule has 0 bridgehead atoms. The van der Waals surface area contributed by atoms with Crippen molar-refractivity contribution in [3.8, 4) is 6.07 Å². The zero-order chi connectivity index (χ0) is 20.8. The molecule has 1 fully saturated rings. The highest BCUT2D eigenvalue weighted by molar-refractivity contribution is 6.08. The minimum Gasteiger partial charge on any atom is -0.478 e. The van der Waals surface area contributed by atoms with E-state index in [1.165, 1.54) is 0 Å². The Morgan fingerprint density at radius 3 is 2.55 bits per heavy atom. The number of anilines is 2. The van der Waals surface area contributed by atoms with Gasteiger partial charge in [0, 0.05) is 50.4 Å². The lowest BCUT2D eigenvalue weighted by atomic mass is 10.1. The highest BCUT2D eigenvalue weighted by Gasteiger charge is 2.20. The van der Waals surface area contributed by atoms with Gasteiger partial charge in [-0.3, -0.25) is 9.69 Å². The number of nitrogens with zero attached hydrogens (tertiary/aromatic N) is 3. The van der Waals surface area contributed by atoms with Crippen LogP contribution >= 0.6 is 0 Å². The largest absolute Gasteiger partial charge is 0.478 e. The Morgan fingerprint density at radius 1 is 1.14 bits per heavy atom. The zero-order valence-electron chi connectivity index (χ0n) is 16.4. The molecule has 1 heterocycles. The molecule has 0 aromatic heterocycles. The number of carbonyl (C=O) groups excluding carboxylic acids is 1. The molecule has 0 spiro atoms. The van der Waals surface area contributed by atoms with Crippen molar-refractivity contribution in [2.75, 3.05) is 42.9 Å². The van der Waals surface area contributed by atoms with Crippen LogP contribution in [0, 0.1) is 18.3 Å². The van der Waals surface area contributed by atoms with Crippen LogP contribution in [0.5, 0.6) is 0 Å². The molecular formula is C22H24N4O3. The summed E-state index contributed by atoms with van der Waals surface area (Å²) in [5.41, 5.74) is 2.60. The molecule has 2 aromatic rings. The van der Waals surface area contributed by atoms with Crippen molar-refractivity contribution in [3.05, 3.63) is 59.2 Å². The van der Waals surface area contributed by atoms with E-state index in [0.29, 0.717) is 12.0 Å². The maximum Gasteiger partial charge on any atom is 0.337 e. The lowest BCUT2D eigenvalue weighted by Crippen LogP contribution is -2.46. The predicted octanol–water partition coefficient (Wildman–Crippen LogP) is 2.98. The maximum absolute atomic E-state index is 12.5. The summed E-state index contributed by atoms with van der Waals surface area (Å²) >= 11 is 0. The summed E-state index contributed by atoms with van der Waals surface area (Å²) in [6.07, 6.45) is 0.512. The van der Waals surface area contributed by atoms with E-state index in [1.54, 1.807) is 30.3 Å². The van der Waals surface area contributed by atoms with E-state index >= 15 is 0 Å². The number of piperazine rings is 1. The third kappa shape index (κ3) is 5.12. The van der Waals surface area contributed by atoms with Crippen molar-refractivity contribution in [3.63, 3.8) is 0 Å². The molecule has 2 aromatic carbocycles. The molecular weight excluding hydrogens is 368 g/mol. The van der Waals surface area contributed by atoms with Gasteiger partial charge in [-0.15, -0.1) is 0 Å². The number of hydrogen-bond donors (Lipinski definition) is 2. The summed E-state index contributed by atoms with van der Waals surface area (Å²) in [5.74, 6) is -1.42. The molecule has 7 nitrogen and oxygen atoms in total. The van der Waals surface area contributed by atoms with Gasteiger partial charge in [-0.25, -0.2) is 4.79 Å². The van der Waals surface area contributed by atoms with Crippen LogP contribution in [0.2, 0.25) is 0 Å². The summed E-state index contributed by atoms with van der Waals surface area (Å²) in [6.45, 7) is 5.84. The number of amides is 1. The van der Waals surface area contributed by atoms with Crippen molar-refractivity contribution in [2.24, 2.45) is 0 Å². The second-order valence-electron chi connectivity index (χ2n) is 7.10. The van der Waals surface area contributed by atoms with Gasteiger partial charge in [0.05, 0.1) is 17.3 Å². The summed E-state index contributed by atoms with van der Waals surface area (Å²) in [5, 5.41) is 21.1. The lowest BCUT2D eigenvalue weighted by Gasteiger charge is -2.36. The number of carboxylic acid groups (broad SMARTS) is 1. The Bertz CT molecular complexity index is 943. The number of nitriles is 1. The monoisotopic (exact) mass is 392 g/mol. The van der Waals surface area contributed by atoms with Gasteiger partial charge in [0.15, 0.2) is 0 Å². The van der Waals surface area contributed by atoms with Gasteiger partial charge in [-0.1, -0.05) is 17.7 Å². The van der Waals surface area contributed by atoms with Crippen LogP contribution in [0.1, 0.15) is 32.7 Å². The van der Waals surface area contributed by atoms with Gasteiger partial charge in [0.1, 0.15) is 0 Å². The zero-order valence-corrected chi connectivity index (χ0v) is 16.4. The van der Waals surface area contributed by atoms with Gasteiger partial charge in [0.25, 0.3) is 5.91 Å². The minimum atomic E-state index is -1.08. The second kappa shape index (κ2) is 9.22. The van der Waals surface area contributed by atoms with Gasteiger partial charge >= 0.3 is 5.97 Å². The number of hydrogen-bond acceptors (Lipinski definition) is 5. The molecule has 150 valence electrons. The molecule has 0 atom stereocenters. The van der Waals surface area contributed by atoms with Crippen molar-refractivity contribution in [1.29, 1.82) is 5.26 Å². The molecule has 0 radical (unpaired) electrons. The summed E-state index contributed by atoms with van der Waals surface area (Å²) in [7, 11) is 0. The first-order valence-corrected chi connectivity index (χ1v) is 9.57. The molecule has 3 rings (SSSR count). The van der Waals surface area contributed by atoms with E-state index in [4.69, 9.17) is 5.26 Å². The van der Waals surface area contributed by atoms with Crippen molar-refractivity contribution in [2.45, 2.75) is 13.3 Å². The van der Waals surface area contributed by atoms with Crippen LogP contribution in [0.4, 0.5) is 11.4 Å². The third-order valence-electron chi connectivity index (χ3n) is 5.04.